The van der Waals surface area contributed by atoms with Gasteiger partial charge in [-0.1, -0.05) is 26.2 Å². The Morgan fingerprint density at radius 2 is 2.04 bits per heavy atom. The number of aromatic nitrogens is 3. The van der Waals surface area contributed by atoms with Crippen LogP contribution in [-0.4, -0.2) is 43.2 Å². The van der Waals surface area contributed by atoms with E-state index < -0.39 is 18.4 Å². The van der Waals surface area contributed by atoms with Gasteiger partial charge in [0.1, 0.15) is 24.2 Å². The second-order valence-electron chi connectivity index (χ2n) is 5.28. The molecule has 24 heavy (non-hydrogen) atoms. The number of hydrogen-bond donors (Lipinski definition) is 3. The number of nitrogens with one attached hydrogen (secondary N) is 1. The molecule has 3 N–H and O–H groups in total. The molecule has 132 valence electrons. The van der Waals surface area contributed by atoms with Crippen LogP contribution in [0.3, 0.4) is 0 Å². The summed E-state index contributed by atoms with van der Waals surface area (Å²) in [6.45, 7) is 1.60. The lowest BCUT2D eigenvalue weighted by atomic mass is 10.1. The standard InChI is InChI=1S/C15H20N4O4.ClH/c1-2-3-4-5-6-10-7-11(20)13(14-17-9-18-19(10)14)15(23)16-8-12(21)22;/h7,9,20H,2-6,8H2,1H3,(H,16,23)(H,21,22);1H. The molecule has 1 amide bonds. The molecule has 9 heteroatoms. The Kier molecular flexibility index (Phi) is 7.44. The number of pyridine rings is 1. The minimum atomic E-state index is -1.16. The minimum absolute atomic E-state index is 0. The van der Waals surface area contributed by atoms with Gasteiger partial charge >= 0.3 is 5.97 Å². The molecule has 2 heterocycles. The molecule has 0 fully saturated rings. The zero-order valence-electron chi connectivity index (χ0n) is 13.4. The maximum Gasteiger partial charge on any atom is 0.322 e. The number of aromatic hydroxyl groups is 1. The van der Waals surface area contributed by atoms with Crippen LogP contribution < -0.4 is 5.32 Å². The van der Waals surface area contributed by atoms with Crippen molar-refractivity contribution >= 4 is 29.9 Å². The highest BCUT2D eigenvalue weighted by Gasteiger charge is 2.20. The molecule has 0 spiro atoms. The van der Waals surface area contributed by atoms with E-state index in [1.54, 1.807) is 0 Å². The summed E-state index contributed by atoms with van der Waals surface area (Å²) < 4.78 is 1.52. The molecule has 0 atom stereocenters. The lowest BCUT2D eigenvalue weighted by Crippen LogP contribution is -2.29. The van der Waals surface area contributed by atoms with E-state index in [0.29, 0.717) is 6.42 Å². The number of carboxylic acid groups (broad SMARTS) is 1. The minimum Gasteiger partial charge on any atom is -0.507 e. The maximum absolute atomic E-state index is 12.1. The zero-order valence-corrected chi connectivity index (χ0v) is 14.2. The SMILES string of the molecule is CCCCCCc1cc(O)c(C(=O)NCC(=O)O)c2ncnn12.Cl. The number of fused-ring (bicyclic) bond motifs is 1. The number of aryl methyl sites for hydroxylation is 1. The van der Waals surface area contributed by atoms with Crippen molar-refractivity contribution in [1.29, 1.82) is 0 Å². The molecule has 0 aliphatic carbocycles. The number of nitrogens with zero attached hydrogens (tertiary/aromatic N) is 3. The van der Waals surface area contributed by atoms with Gasteiger partial charge in [0.15, 0.2) is 5.65 Å². The Hall–Kier alpha value is -2.35. The van der Waals surface area contributed by atoms with Crippen LogP contribution in [0.2, 0.25) is 0 Å². The fourth-order valence-electron chi connectivity index (χ4n) is 2.40. The normalized spacial score (nSPS) is 10.4. The molecule has 8 nitrogen and oxygen atoms in total. The van der Waals surface area contributed by atoms with Crippen LogP contribution in [0, 0.1) is 0 Å². The van der Waals surface area contributed by atoms with Crippen molar-refractivity contribution in [2.45, 2.75) is 39.0 Å². The number of carbonyl (C=O) groups is 2. The zero-order chi connectivity index (χ0) is 16.8. The van der Waals surface area contributed by atoms with Gasteiger partial charge in [0, 0.05) is 11.8 Å². The summed E-state index contributed by atoms with van der Waals surface area (Å²) in [5.41, 5.74) is 0.917. The van der Waals surface area contributed by atoms with E-state index in [0.717, 1.165) is 31.4 Å². The third kappa shape index (κ3) is 4.58. The third-order valence-electron chi connectivity index (χ3n) is 3.52. The van der Waals surface area contributed by atoms with Crippen LogP contribution in [0.4, 0.5) is 0 Å². The first-order chi connectivity index (χ1) is 11.0. The Morgan fingerprint density at radius 3 is 2.71 bits per heavy atom. The van der Waals surface area contributed by atoms with Gasteiger partial charge < -0.3 is 15.5 Å². The Labute approximate surface area is 145 Å². The summed E-state index contributed by atoms with van der Waals surface area (Å²) in [6, 6.07) is 1.49. The molecular weight excluding hydrogens is 336 g/mol. The smallest absolute Gasteiger partial charge is 0.322 e. The molecule has 2 aromatic rings. The number of carbonyl (C=O) groups excluding carboxylic acids is 1. The van der Waals surface area contributed by atoms with E-state index in [-0.39, 0.29) is 29.4 Å². The molecule has 0 unspecified atom stereocenters. The highest BCUT2D eigenvalue weighted by Crippen LogP contribution is 2.24. The lowest BCUT2D eigenvalue weighted by Gasteiger charge is -2.10. The van der Waals surface area contributed by atoms with Crippen LogP contribution in [0.25, 0.3) is 5.65 Å². The summed E-state index contributed by atoms with van der Waals surface area (Å²) in [7, 11) is 0. The first-order valence-corrected chi connectivity index (χ1v) is 7.59. The van der Waals surface area contributed by atoms with Gasteiger partial charge in [0.25, 0.3) is 5.91 Å². The van der Waals surface area contributed by atoms with Crippen LogP contribution in [0.5, 0.6) is 5.75 Å². The van der Waals surface area contributed by atoms with E-state index in [1.807, 2.05) is 0 Å². The maximum atomic E-state index is 12.1. The summed E-state index contributed by atoms with van der Waals surface area (Å²) in [5.74, 6) is -2.08. The van der Waals surface area contributed by atoms with Gasteiger partial charge in [0.05, 0.1) is 0 Å². The monoisotopic (exact) mass is 356 g/mol. The summed E-state index contributed by atoms with van der Waals surface area (Å²) in [4.78, 5) is 26.6. The van der Waals surface area contributed by atoms with Gasteiger partial charge in [-0.2, -0.15) is 5.10 Å². The van der Waals surface area contributed by atoms with E-state index in [2.05, 4.69) is 22.3 Å². The first-order valence-electron chi connectivity index (χ1n) is 7.59. The summed E-state index contributed by atoms with van der Waals surface area (Å²) in [5, 5.41) is 25.1. The summed E-state index contributed by atoms with van der Waals surface area (Å²) >= 11 is 0. The molecule has 0 radical (unpaired) electrons. The predicted molar refractivity (Wildman–Crippen MR) is 89.7 cm³/mol. The number of carboxylic acids is 1. The first kappa shape index (κ1) is 19.7. The number of rotatable bonds is 8. The second kappa shape index (κ2) is 9.07. The third-order valence-corrected chi connectivity index (χ3v) is 3.52. The number of halogens is 1. The molecule has 0 aliphatic heterocycles. The van der Waals surface area contributed by atoms with Crippen LogP contribution in [0.15, 0.2) is 12.4 Å². The number of unbranched alkanes of at least 4 members (excludes halogenated alkanes) is 3. The Balaban J connectivity index is 0.00000288. The van der Waals surface area contributed by atoms with E-state index >= 15 is 0 Å². The van der Waals surface area contributed by atoms with Gasteiger partial charge in [-0.3, -0.25) is 9.59 Å². The predicted octanol–water partition coefficient (Wildman–Crippen LogP) is 1.79. The van der Waals surface area contributed by atoms with Crippen molar-refractivity contribution < 1.29 is 19.8 Å². The van der Waals surface area contributed by atoms with Crippen molar-refractivity contribution in [3.8, 4) is 5.75 Å². The second-order valence-corrected chi connectivity index (χ2v) is 5.28. The van der Waals surface area contributed by atoms with Crippen molar-refractivity contribution in [2.24, 2.45) is 0 Å². The van der Waals surface area contributed by atoms with E-state index in [4.69, 9.17) is 5.11 Å². The highest BCUT2D eigenvalue weighted by atomic mass is 35.5. The molecule has 2 aromatic heterocycles. The van der Waals surface area contributed by atoms with Crippen molar-refractivity contribution in [3.63, 3.8) is 0 Å². The Morgan fingerprint density at radius 1 is 1.29 bits per heavy atom. The highest BCUT2D eigenvalue weighted by molar-refractivity contribution is 6.03. The Bertz CT molecular complexity index is 717. The quantitative estimate of drug-likeness (QED) is 0.621. The molecule has 0 aliphatic rings. The largest absolute Gasteiger partial charge is 0.507 e. The fraction of sp³-hybridized carbons (Fsp3) is 0.467. The molecule has 0 saturated heterocycles. The van der Waals surface area contributed by atoms with Gasteiger partial charge in [-0.05, 0) is 12.8 Å². The van der Waals surface area contributed by atoms with E-state index in [9.17, 15) is 14.7 Å². The van der Waals surface area contributed by atoms with Gasteiger partial charge in [-0.25, -0.2) is 9.50 Å². The number of aliphatic carboxylic acids is 1. The number of amides is 1. The fourth-order valence-corrected chi connectivity index (χ4v) is 2.40. The number of hydrogen-bond acceptors (Lipinski definition) is 5. The molecule has 0 saturated carbocycles. The van der Waals surface area contributed by atoms with Crippen molar-refractivity contribution in [2.75, 3.05) is 6.54 Å². The van der Waals surface area contributed by atoms with E-state index in [1.165, 1.54) is 16.9 Å². The average Bonchev–Trinajstić information content (AvgIpc) is 2.98. The van der Waals surface area contributed by atoms with Crippen molar-refractivity contribution in [3.05, 3.63) is 23.7 Å². The van der Waals surface area contributed by atoms with Crippen LogP contribution >= 0.6 is 12.4 Å². The van der Waals surface area contributed by atoms with Gasteiger partial charge in [-0.15, -0.1) is 12.4 Å². The molecular formula is C15H21ClN4O4. The van der Waals surface area contributed by atoms with Crippen LogP contribution in [-0.2, 0) is 11.2 Å². The molecule has 0 aromatic carbocycles. The van der Waals surface area contributed by atoms with Crippen LogP contribution in [0.1, 0.15) is 48.7 Å². The average molecular weight is 357 g/mol. The molecule has 2 rings (SSSR count). The topological polar surface area (TPSA) is 117 Å². The summed E-state index contributed by atoms with van der Waals surface area (Å²) in [6.07, 6.45) is 6.32. The molecule has 0 bridgehead atoms. The van der Waals surface area contributed by atoms with Gasteiger partial charge in [0.2, 0.25) is 0 Å². The van der Waals surface area contributed by atoms with Crippen molar-refractivity contribution in [1.82, 2.24) is 19.9 Å². The lowest BCUT2D eigenvalue weighted by molar-refractivity contribution is -0.135.